The molecule has 9 nitrogen and oxygen atoms in total. The Morgan fingerprint density at radius 3 is 2.53 bits per heavy atom. The van der Waals surface area contributed by atoms with Crippen LogP contribution in [-0.2, 0) is 4.79 Å². The van der Waals surface area contributed by atoms with Gasteiger partial charge in [0.05, 0.1) is 20.0 Å². The van der Waals surface area contributed by atoms with E-state index in [1.165, 1.54) is 47.5 Å². The van der Waals surface area contributed by atoms with E-state index in [9.17, 15) is 14.0 Å². The molecule has 0 unspecified atom stereocenters. The third-order valence-corrected chi connectivity index (χ3v) is 5.49. The third-order valence-electron chi connectivity index (χ3n) is 4.54. The van der Waals surface area contributed by atoms with E-state index >= 15 is 0 Å². The summed E-state index contributed by atoms with van der Waals surface area (Å²) in [4.78, 5) is 25.1. The molecule has 32 heavy (non-hydrogen) atoms. The van der Waals surface area contributed by atoms with Gasteiger partial charge in [-0.3, -0.25) is 18.6 Å². The Hall–Kier alpha value is -3.86. The maximum atomic E-state index is 13.2. The van der Waals surface area contributed by atoms with Crippen molar-refractivity contribution >= 4 is 29.0 Å². The van der Waals surface area contributed by atoms with Crippen LogP contribution >= 0.6 is 11.8 Å². The number of halogens is 1. The van der Waals surface area contributed by atoms with Crippen LogP contribution in [0.5, 0.6) is 11.5 Å². The van der Waals surface area contributed by atoms with E-state index < -0.39 is 11.4 Å². The van der Waals surface area contributed by atoms with Gasteiger partial charge in [0.25, 0.3) is 0 Å². The lowest BCUT2D eigenvalue weighted by Crippen LogP contribution is -2.20. The van der Waals surface area contributed by atoms with Gasteiger partial charge in [0.2, 0.25) is 11.6 Å². The number of anilines is 1. The summed E-state index contributed by atoms with van der Waals surface area (Å²) in [6, 6.07) is 10.6. The van der Waals surface area contributed by atoms with Crippen LogP contribution in [-0.4, -0.2) is 45.0 Å². The zero-order chi connectivity index (χ0) is 22.7. The molecule has 4 aromatic rings. The van der Waals surface area contributed by atoms with Gasteiger partial charge in [0.1, 0.15) is 5.82 Å². The number of nitrogens with zero attached hydrogens (tertiary/aromatic N) is 4. The van der Waals surface area contributed by atoms with Crippen molar-refractivity contribution < 1.29 is 18.7 Å². The Balaban J connectivity index is 1.48. The minimum atomic E-state index is -0.409. The monoisotopic (exact) mass is 455 g/mol. The number of carbonyl (C=O) groups is 1. The van der Waals surface area contributed by atoms with Gasteiger partial charge in [0, 0.05) is 29.8 Å². The Kier molecular flexibility index (Phi) is 6.08. The van der Waals surface area contributed by atoms with Crippen LogP contribution in [0.15, 0.2) is 64.8 Å². The molecule has 0 radical (unpaired) electrons. The number of nitrogens with one attached hydrogen (secondary N) is 1. The lowest BCUT2D eigenvalue weighted by atomic mass is 10.2. The van der Waals surface area contributed by atoms with E-state index in [0.29, 0.717) is 28.0 Å². The van der Waals surface area contributed by atoms with Gasteiger partial charge in [-0.05, 0) is 36.4 Å². The molecule has 164 valence electrons. The average molecular weight is 455 g/mol. The molecular weight excluding hydrogens is 437 g/mol. The van der Waals surface area contributed by atoms with Crippen molar-refractivity contribution in [1.82, 2.24) is 19.2 Å². The molecular formula is C21H18FN5O4S. The highest BCUT2D eigenvalue weighted by atomic mass is 32.2. The van der Waals surface area contributed by atoms with Gasteiger partial charge in [0.15, 0.2) is 16.7 Å². The topological polar surface area (TPSA) is 99.8 Å². The second kappa shape index (κ2) is 9.10. The first-order valence-electron chi connectivity index (χ1n) is 9.37. The lowest BCUT2D eigenvalue weighted by molar-refractivity contribution is -0.113. The second-order valence-electron chi connectivity index (χ2n) is 6.53. The van der Waals surface area contributed by atoms with Crippen molar-refractivity contribution in [2.75, 3.05) is 25.3 Å². The fourth-order valence-electron chi connectivity index (χ4n) is 3.01. The molecule has 11 heteroatoms. The molecule has 0 fully saturated rings. The molecule has 2 heterocycles. The highest BCUT2D eigenvalue weighted by molar-refractivity contribution is 7.99. The lowest BCUT2D eigenvalue weighted by Gasteiger charge is -2.10. The summed E-state index contributed by atoms with van der Waals surface area (Å²) in [6.07, 6.45) is 3.16. The number of aromatic nitrogens is 4. The van der Waals surface area contributed by atoms with Crippen molar-refractivity contribution in [3.05, 3.63) is 71.0 Å². The number of amides is 1. The number of ether oxygens (including phenoxy) is 2. The standard InChI is InChI=1S/C21H18FN5O4S/c1-30-16-8-5-14(11-17(16)31-2)23-18(28)12-32-21-25-24-19-20(29)26(9-10-27(19)21)15-6-3-13(22)4-7-15/h3-11H,12H2,1-2H3,(H,23,28). The highest BCUT2D eigenvalue weighted by Gasteiger charge is 2.14. The summed E-state index contributed by atoms with van der Waals surface area (Å²) < 4.78 is 26.4. The molecule has 0 aliphatic heterocycles. The smallest absolute Gasteiger partial charge is 0.300 e. The van der Waals surface area contributed by atoms with Crippen LogP contribution in [0.4, 0.5) is 10.1 Å². The van der Waals surface area contributed by atoms with Crippen LogP contribution in [0.3, 0.4) is 0 Å². The molecule has 4 rings (SSSR count). The second-order valence-corrected chi connectivity index (χ2v) is 7.48. The minimum Gasteiger partial charge on any atom is -0.493 e. The van der Waals surface area contributed by atoms with Crippen molar-refractivity contribution in [2.24, 2.45) is 0 Å². The van der Waals surface area contributed by atoms with Crippen molar-refractivity contribution in [1.29, 1.82) is 0 Å². The largest absolute Gasteiger partial charge is 0.493 e. The molecule has 1 N–H and O–H groups in total. The van der Waals surface area contributed by atoms with E-state index in [1.54, 1.807) is 30.6 Å². The summed E-state index contributed by atoms with van der Waals surface area (Å²) in [5.74, 6) is 0.449. The maximum absolute atomic E-state index is 13.2. The predicted molar refractivity (Wildman–Crippen MR) is 117 cm³/mol. The van der Waals surface area contributed by atoms with Gasteiger partial charge >= 0.3 is 5.56 Å². The molecule has 2 aromatic heterocycles. The molecule has 0 saturated carbocycles. The number of thioether (sulfide) groups is 1. The number of carbonyl (C=O) groups excluding carboxylic acids is 1. The van der Waals surface area contributed by atoms with Gasteiger partial charge in [-0.15, -0.1) is 10.2 Å². The van der Waals surface area contributed by atoms with E-state index in [1.807, 2.05) is 0 Å². The molecule has 0 aliphatic rings. The Morgan fingerprint density at radius 2 is 1.81 bits per heavy atom. The van der Waals surface area contributed by atoms with Crippen LogP contribution in [0, 0.1) is 5.82 Å². The summed E-state index contributed by atoms with van der Waals surface area (Å²) in [6.45, 7) is 0. The number of rotatable bonds is 7. The van der Waals surface area contributed by atoms with E-state index in [4.69, 9.17) is 9.47 Å². The highest BCUT2D eigenvalue weighted by Crippen LogP contribution is 2.29. The quantitative estimate of drug-likeness (QED) is 0.428. The van der Waals surface area contributed by atoms with E-state index in [2.05, 4.69) is 15.5 Å². The first-order chi connectivity index (χ1) is 15.5. The maximum Gasteiger partial charge on any atom is 0.300 e. The number of hydrogen-bond acceptors (Lipinski definition) is 7. The van der Waals surface area contributed by atoms with Crippen LogP contribution in [0.25, 0.3) is 11.3 Å². The SMILES string of the molecule is COc1ccc(NC(=O)CSc2nnc3c(=O)n(-c4ccc(F)cc4)ccn23)cc1OC. The molecule has 0 saturated heterocycles. The summed E-state index contributed by atoms with van der Waals surface area (Å²) in [5, 5.41) is 11.1. The Labute approximate surface area is 185 Å². The van der Waals surface area contributed by atoms with Gasteiger partial charge in [-0.25, -0.2) is 4.39 Å². The number of hydrogen-bond donors (Lipinski definition) is 1. The normalized spacial score (nSPS) is 10.8. The summed E-state index contributed by atoms with van der Waals surface area (Å²) >= 11 is 1.14. The van der Waals surface area contributed by atoms with E-state index in [0.717, 1.165) is 11.8 Å². The van der Waals surface area contributed by atoms with Gasteiger partial charge < -0.3 is 14.8 Å². The van der Waals surface area contributed by atoms with Gasteiger partial charge in [-0.2, -0.15) is 0 Å². The van der Waals surface area contributed by atoms with Crippen molar-refractivity contribution in [3.8, 4) is 17.2 Å². The number of benzene rings is 2. The first kappa shape index (κ1) is 21.4. The molecule has 1 amide bonds. The van der Waals surface area contributed by atoms with Crippen LogP contribution in [0.2, 0.25) is 0 Å². The first-order valence-corrected chi connectivity index (χ1v) is 10.4. The Bertz CT molecular complexity index is 1340. The summed E-state index contributed by atoms with van der Waals surface area (Å²) in [7, 11) is 3.05. The fraction of sp³-hybridized carbons (Fsp3) is 0.143. The van der Waals surface area contributed by atoms with E-state index in [-0.39, 0.29) is 17.3 Å². The van der Waals surface area contributed by atoms with Crippen molar-refractivity contribution in [3.63, 3.8) is 0 Å². The Morgan fingerprint density at radius 1 is 1.06 bits per heavy atom. The third kappa shape index (κ3) is 4.28. The van der Waals surface area contributed by atoms with Gasteiger partial charge in [-0.1, -0.05) is 11.8 Å². The zero-order valence-electron chi connectivity index (χ0n) is 17.1. The average Bonchev–Trinajstić information content (AvgIpc) is 3.22. The predicted octanol–water partition coefficient (Wildman–Crippen LogP) is 2.77. The number of fused-ring (bicyclic) bond motifs is 1. The van der Waals surface area contributed by atoms with Crippen LogP contribution < -0.4 is 20.3 Å². The molecule has 0 spiro atoms. The number of methoxy groups -OCH3 is 2. The molecule has 0 bridgehead atoms. The molecule has 0 aliphatic carbocycles. The molecule has 2 aromatic carbocycles. The minimum absolute atomic E-state index is 0.0518. The van der Waals surface area contributed by atoms with Crippen LogP contribution in [0.1, 0.15) is 0 Å². The molecule has 0 atom stereocenters. The fourth-order valence-corrected chi connectivity index (χ4v) is 3.73. The zero-order valence-corrected chi connectivity index (χ0v) is 17.9. The summed E-state index contributed by atoms with van der Waals surface area (Å²) in [5.41, 5.74) is 0.750. The van der Waals surface area contributed by atoms with Crippen molar-refractivity contribution in [2.45, 2.75) is 5.16 Å².